The summed E-state index contributed by atoms with van der Waals surface area (Å²) in [4.78, 5) is 4.70. The third-order valence-corrected chi connectivity index (χ3v) is 4.27. The highest BCUT2D eigenvalue weighted by Crippen LogP contribution is 2.25. The van der Waals surface area contributed by atoms with Crippen molar-refractivity contribution in [2.75, 3.05) is 19.8 Å². The highest BCUT2D eigenvalue weighted by atomic mass is 32.1. The van der Waals surface area contributed by atoms with Crippen molar-refractivity contribution in [3.8, 4) is 11.3 Å². The van der Waals surface area contributed by atoms with E-state index in [1.54, 1.807) is 11.3 Å². The summed E-state index contributed by atoms with van der Waals surface area (Å²) in [6, 6.07) is 10.4. The molecule has 1 aromatic carbocycles. The van der Waals surface area contributed by atoms with Crippen molar-refractivity contribution in [1.29, 1.82) is 0 Å². The number of hydrogen-bond donors (Lipinski definition) is 1. The number of hydrogen-bond acceptors (Lipinski definition) is 5. The van der Waals surface area contributed by atoms with Crippen LogP contribution in [0.25, 0.3) is 11.3 Å². The zero-order chi connectivity index (χ0) is 13.8. The zero-order valence-corrected chi connectivity index (χ0v) is 12.2. The Bertz CT molecular complexity index is 538. The van der Waals surface area contributed by atoms with Crippen LogP contribution in [0.5, 0.6) is 0 Å². The number of benzene rings is 1. The van der Waals surface area contributed by atoms with Crippen molar-refractivity contribution >= 4 is 11.3 Å². The molecule has 0 aliphatic carbocycles. The first-order chi connectivity index (χ1) is 9.83. The van der Waals surface area contributed by atoms with Crippen LogP contribution in [0.2, 0.25) is 0 Å². The van der Waals surface area contributed by atoms with Gasteiger partial charge in [-0.1, -0.05) is 30.3 Å². The van der Waals surface area contributed by atoms with E-state index in [-0.39, 0.29) is 12.3 Å². The molecule has 0 spiro atoms. The molecule has 1 fully saturated rings. The van der Waals surface area contributed by atoms with E-state index in [1.807, 2.05) is 18.2 Å². The van der Waals surface area contributed by atoms with Gasteiger partial charge in [0.05, 0.1) is 24.9 Å². The second kappa shape index (κ2) is 6.45. The largest absolute Gasteiger partial charge is 0.349 e. The minimum Gasteiger partial charge on any atom is -0.349 e. The molecular weight excluding hydrogens is 272 g/mol. The molecule has 1 aromatic heterocycles. The second-order valence-corrected chi connectivity index (χ2v) is 5.63. The molecule has 0 amide bonds. The Morgan fingerprint density at radius 2 is 2.05 bits per heavy atom. The first-order valence-corrected chi connectivity index (χ1v) is 7.68. The van der Waals surface area contributed by atoms with E-state index in [4.69, 9.17) is 14.5 Å². The van der Waals surface area contributed by atoms with Crippen molar-refractivity contribution in [3.05, 3.63) is 40.7 Å². The van der Waals surface area contributed by atoms with Gasteiger partial charge in [-0.3, -0.25) is 0 Å². The van der Waals surface area contributed by atoms with Crippen LogP contribution in [0.4, 0.5) is 0 Å². The lowest BCUT2D eigenvalue weighted by Gasteiger charge is -2.14. The smallest absolute Gasteiger partial charge is 0.170 e. The van der Waals surface area contributed by atoms with Crippen LogP contribution in [0, 0.1) is 0 Å². The van der Waals surface area contributed by atoms with E-state index >= 15 is 0 Å². The first kappa shape index (κ1) is 13.7. The molecule has 1 N–H and O–H groups in total. The van der Waals surface area contributed by atoms with Gasteiger partial charge < -0.3 is 14.8 Å². The molecule has 4 nitrogen and oxygen atoms in total. The highest BCUT2D eigenvalue weighted by molar-refractivity contribution is 7.10. The van der Waals surface area contributed by atoms with Crippen LogP contribution >= 0.6 is 11.3 Å². The predicted molar refractivity (Wildman–Crippen MR) is 79.7 cm³/mol. The molecule has 3 rings (SSSR count). The number of aromatic nitrogens is 1. The van der Waals surface area contributed by atoms with Gasteiger partial charge in [-0.2, -0.15) is 0 Å². The van der Waals surface area contributed by atoms with Gasteiger partial charge in [0.1, 0.15) is 5.01 Å². The fourth-order valence-electron chi connectivity index (χ4n) is 2.11. The lowest BCUT2D eigenvalue weighted by atomic mass is 10.2. The van der Waals surface area contributed by atoms with Gasteiger partial charge in [0.15, 0.2) is 6.29 Å². The molecule has 106 valence electrons. The maximum absolute atomic E-state index is 5.41. The van der Waals surface area contributed by atoms with Crippen LogP contribution in [0.3, 0.4) is 0 Å². The molecule has 2 aromatic rings. The van der Waals surface area contributed by atoms with Crippen molar-refractivity contribution in [2.24, 2.45) is 0 Å². The Morgan fingerprint density at radius 1 is 1.30 bits per heavy atom. The fourth-order valence-corrected chi connectivity index (χ4v) is 2.97. The summed E-state index contributed by atoms with van der Waals surface area (Å²) in [6.45, 7) is 4.19. The number of nitrogens with one attached hydrogen (secondary N) is 1. The van der Waals surface area contributed by atoms with E-state index in [1.165, 1.54) is 0 Å². The standard InChI is InChI=1S/C15H18N2O2S/c1-11(16-9-14-18-7-8-19-14)15-17-13(10-20-15)12-5-3-2-4-6-12/h2-6,10-11,14,16H,7-9H2,1H3/t11-/m1/s1. The molecule has 0 saturated carbocycles. The molecule has 0 unspecified atom stereocenters. The monoisotopic (exact) mass is 290 g/mol. The molecule has 1 aliphatic rings. The third kappa shape index (κ3) is 3.24. The van der Waals surface area contributed by atoms with Crippen molar-refractivity contribution in [3.63, 3.8) is 0 Å². The summed E-state index contributed by atoms with van der Waals surface area (Å²) >= 11 is 1.68. The van der Waals surface area contributed by atoms with E-state index in [0.29, 0.717) is 19.8 Å². The van der Waals surface area contributed by atoms with Crippen LogP contribution in [-0.2, 0) is 9.47 Å². The van der Waals surface area contributed by atoms with Gasteiger partial charge >= 0.3 is 0 Å². The molecular formula is C15H18N2O2S. The average Bonchev–Trinajstić information content (AvgIpc) is 3.17. The molecule has 0 radical (unpaired) electrons. The highest BCUT2D eigenvalue weighted by Gasteiger charge is 2.18. The van der Waals surface area contributed by atoms with Gasteiger partial charge in [0.2, 0.25) is 0 Å². The molecule has 0 bridgehead atoms. The molecule has 2 heterocycles. The van der Waals surface area contributed by atoms with E-state index in [0.717, 1.165) is 16.3 Å². The first-order valence-electron chi connectivity index (χ1n) is 6.80. The fraction of sp³-hybridized carbons (Fsp3) is 0.400. The summed E-state index contributed by atoms with van der Waals surface area (Å²) < 4.78 is 10.8. The van der Waals surface area contributed by atoms with Crippen molar-refractivity contribution < 1.29 is 9.47 Å². The van der Waals surface area contributed by atoms with E-state index in [2.05, 4.69) is 29.8 Å². The summed E-state index contributed by atoms with van der Waals surface area (Å²) in [5, 5.41) is 6.59. The van der Waals surface area contributed by atoms with E-state index in [9.17, 15) is 0 Å². The van der Waals surface area contributed by atoms with Gasteiger partial charge in [-0.05, 0) is 6.92 Å². The zero-order valence-electron chi connectivity index (χ0n) is 11.4. The minimum atomic E-state index is -0.119. The summed E-state index contributed by atoms with van der Waals surface area (Å²) in [6.07, 6.45) is -0.119. The number of thiazole rings is 1. The third-order valence-electron chi connectivity index (χ3n) is 3.24. The maximum Gasteiger partial charge on any atom is 0.170 e. The number of rotatable bonds is 5. The lowest BCUT2D eigenvalue weighted by molar-refractivity contribution is -0.0403. The normalized spacial score (nSPS) is 17.4. The van der Waals surface area contributed by atoms with Crippen molar-refractivity contribution in [2.45, 2.75) is 19.3 Å². The minimum absolute atomic E-state index is 0.119. The van der Waals surface area contributed by atoms with Gasteiger partial charge in [-0.25, -0.2) is 4.98 Å². The summed E-state index contributed by atoms with van der Waals surface area (Å²) in [7, 11) is 0. The van der Waals surface area contributed by atoms with Gasteiger partial charge in [-0.15, -0.1) is 11.3 Å². The SMILES string of the molecule is C[C@@H](NCC1OCCO1)c1nc(-c2ccccc2)cs1. The number of nitrogens with zero attached hydrogens (tertiary/aromatic N) is 1. The van der Waals surface area contributed by atoms with E-state index < -0.39 is 0 Å². The Balaban J connectivity index is 1.61. The summed E-state index contributed by atoms with van der Waals surface area (Å²) in [5.41, 5.74) is 2.19. The van der Waals surface area contributed by atoms with Gasteiger partial charge in [0.25, 0.3) is 0 Å². The Hall–Kier alpha value is -1.27. The average molecular weight is 290 g/mol. The van der Waals surface area contributed by atoms with Crippen molar-refractivity contribution in [1.82, 2.24) is 10.3 Å². The Kier molecular flexibility index (Phi) is 4.42. The molecule has 20 heavy (non-hydrogen) atoms. The van der Waals surface area contributed by atoms with Gasteiger partial charge in [0, 0.05) is 17.5 Å². The second-order valence-electron chi connectivity index (χ2n) is 4.74. The molecule has 1 atom stereocenters. The summed E-state index contributed by atoms with van der Waals surface area (Å²) in [5.74, 6) is 0. The molecule has 1 aliphatic heterocycles. The van der Waals surface area contributed by atoms with Crippen LogP contribution in [0.15, 0.2) is 35.7 Å². The maximum atomic E-state index is 5.41. The van der Waals surface area contributed by atoms with Crippen LogP contribution < -0.4 is 5.32 Å². The quantitative estimate of drug-likeness (QED) is 0.919. The Morgan fingerprint density at radius 3 is 2.80 bits per heavy atom. The predicted octanol–water partition coefficient (Wildman–Crippen LogP) is 2.83. The molecule has 1 saturated heterocycles. The van der Waals surface area contributed by atoms with Crippen LogP contribution in [0.1, 0.15) is 18.0 Å². The number of ether oxygens (including phenoxy) is 2. The topological polar surface area (TPSA) is 43.4 Å². The lowest BCUT2D eigenvalue weighted by Crippen LogP contribution is -2.29. The van der Waals surface area contributed by atoms with Crippen LogP contribution in [-0.4, -0.2) is 31.0 Å². The molecule has 5 heteroatoms. The Labute approximate surface area is 122 Å².